The first-order chi connectivity index (χ1) is 14.2. The lowest BCUT2D eigenvalue weighted by Crippen LogP contribution is -2.48. The number of carbonyl (C=O) groups excluding carboxylic acids is 1. The summed E-state index contributed by atoms with van der Waals surface area (Å²) >= 11 is 0. The van der Waals surface area contributed by atoms with Gasteiger partial charge in [0.1, 0.15) is 5.69 Å². The van der Waals surface area contributed by atoms with Crippen LogP contribution in [-0.2, 0) is 4.74 Å². The molecule has 0 bridgehead atoms. The number of piperazine rings is 1. The predicted octanol–water partition coefficient (Wildman–Crippen LogP) is 2.31. The molecule has 1 amide bonds. The van der Waals surface area contributed by atoms with Gasteiger partial charge in [0.05, 0.1) is 6.61 Å². The summed E-state index contributed by atoms with van der Waals surface area (Å²) < 4.78 is 5.03. The lowest BCUT2D eigenvalue weighted by Gasteiger charge is -2.34. The number of aryl methyl sites for hydroxylation is 1. The monoisotopic (exact) mass is 395 g/mol. The van der Waals surface area contributed by atoms with Crippen molar-refractivity contribution in [1.29, 1.82) is 0 Å². The van der Waals surface area contributed by atoms with Crippen LogP contribution in [0.2, 0.25) is 0 Å². The Morgan fingerprint density at radius 2 is 1.93 bits per heavy atom. The summed E-state index contributed by atoms with van der Waals surface area (Å²) in [5.41, 5.74) is 2.41. The van der Waals surface area contributed by atoms with Crippen molar-refractivity contribution < 1.29 is 9.53 Å². The average molecular weight is 396 g/mol. The highest BCUT2D eigenvalue weighted by molar-refractivity contribution is 5.92. The molecular formula is C22H29N5O2. The van der Waals surface area contributed by atoms with Gasteiger partial charge in [-0.05, 0) is 18.6 Å². The summed E-state index contributed by atoms with van der Waals surface area (Å²) in [6.07, 6.45) is 4.32. The third-order valence-corrected chi connectivity index (χ3v) is 4.80. The summed E-state index contributed by atoms with van der Waals surface area (Å²) in [7, 11) is 1.64. The fourth-order valence-corrected chi connectivity index (χ4v) is 3.22. The maximum Gasteiger partial charge on any atom is 0.272 e. The standard InChI is InChI=1S/C22H29N5O2/c1-18-17-20(25-22(24-18)23-10-16-29-2)21(28)27-14-12-26(13-15-27)11-6-9-19-7-4-3-5-8-19/h3-9,17H,10-16H2,1-2H3,(H,23,24,25)/b9-6+. The molecule has 0 saturated carbocycles. The Hall–Kier alpha value is -2.77. The normalized spacial score (nSPS) is 15.0. The number of nitrogens with one attached hydrogen (secondary N) is 1. The molecule has 0 aliphatic carbocycles. The molecule has 7 heteroatoms. The molecular weight excluding hydrogens is 366 g/mol. The number of ether oxygens (including phenoxy) is 1. The van der Waals surface area contributed by atoms with Crippen LogP contribution in [-0.4, -0.2) is 78.7 Å². The molecule has 0 unspecified atom stereocenters. The molecule has 1 fully saturated rings. The van der Waals surface area contributed by atoms with E-state index in [4.69, 9.17) is 4.74 Å². The topological polar surface area (TPSA) is 70.6 Å². The van der Waals surface area contributed by atoms with Crippen molar-refractivity contribution in [2.45, 2.75) is 6.92 Å². The van der Waals surface area contributed by atoms with Gasteiger partial charge in [0.2, 0.25) is 5.95 Å². The first-order valence-corrected chi connectivity index (χ1v) is 9.97. The zero-order valence-electron chi connectivity index (χ0n) is 17.2. The van der Waals surface area contributed by atoms with Crippen molar-refractivity contribution in [3.05, 3.63) is 59.4 Å². The van der Waals surface area contributed by atoms with Gasteiger partial charge in [-0.25, -0.2) is 9.97 Å². The second-order valence-electron chi connectivity index (χ2n) is 7.04. The van der Waals surface area contributed by atoms with Crippen LogP contribution in [0.1, 0.15) is 21.7 Å². The van der Waals surface area contributed by atoms with E-state index < -0.39 is 0 Å². The van der Waals surface area contributed by atoms with Crippen molar-refractivity contribution in [3.8, 4) is 0 Å². The van der Waals surface area contributed by atoms with Gasteiger partial charge in [-0.3, -0.25) is 9.69 Å². The van der Waals surface area contributed by atoms with Crippen molar-refractivity contribution in [2.75, 3.05) is 58.3 Å². The Morgan fingerprint density at radius 1 is 1.17 bits per heavy atom. The highest BCUT2D eigenvalue weighted by Gasteiger charge is 2.23. The maximum absolute atomic E-state index is 12.9. The van der Waals surface area contributed by atoms with E-state index in [0.717, 1.165) is 25.3 Å². The number of carbonyl (C=O) groups is 1. The van der Waals surface area contributed by atoms with Crippen molar-refractivity contribution in [3.63, 3.8) is 0 Å². The minimum atomic E-state index is -0.0373. The molecule has 2 aromatic rings. The zero-order valence-corrected chi connectivity index (χ0v) is 17.2. The molecule has 0 spiro atoms. The van der Waals surface area contributed by atoms with E-state index >= 15 is 0 Å². The molecule has 2 heterocycles. The van der Waals surface area contributed by atoms with Crippen LogP contribution >= 0.6 is 0 Å². The Bertz CT molecular complexity index is 817. The summed E-state index contributed by atoms with van der Waals surface area (Å²) in [4.78, 5) is 25.8. The molecule has 1 aromatic carbocycles. The van der Waals surface area contributed by atoms with E-state index in [0.29, 0.717) is 37.9 Å². The molecule has 1 aliphatic heterocycles. The zero-order chi connectivity index (χ0) is 20.5. The van der Waals surface area contributed by atoms with Gasteiger partial charge in [-0.15, -0.1) is 0 Å². The van der Waals surface area contributed by atoms with Crippen LogP contribution < -0.4 is 5.32 Å². The van der Waals surface area contributed by atoms with Gasteiger partial charge in [0.25, 0.3) is 5.91 Å². The number of methoxy groups -OCH3 is 1. The molecule has 1 saturated heterocycles. The van der Waals surface area contributed by atoms with Gasteiger partial charge >= 0.3 is 0 Å². The number of anilines is 1. The van der Waals surface area contributed by atoms with Crippen LogP contribution in [0.4, 0.5) is 5.95 Å². The number of benzene rings is 1. The van der Waals surface area contributed by atoms with E-state index in [-0.39, 0.29) is 5.91 Å². The lowest BCUT2D eigenvalue weighted by atomic mass is 10.2. The molecule has 29 heavy (non-hydrogen) atoms. The highest BCUT2D eigenvalue weighted by atomic mass is 16.5. The molecule has 3 rings (SSSR count). The van der Waals surface area contributed by atoms with E-state index in [1.165, 1.54) is 5.56 Å². The van der Waals surface area contributed by atoms with Crippen LogP contribution in [0.15, 0.2) is 42.5 Å². The predicted molar refractivity (Wildman–Crippen MR) is 115 cm³/mol. The Kier molecular flexibility index (Phi) is 7.72. The third-order valence-electron chi connectivity index (χ3n) is 4.80. The third kappa shape index (κ3) is 6.37. The number of rotatable bonds is 8. The molecule has 1 N–H and O–H groups in total. The first-order valence-electron chi connectivity index (χ1n) is 9.97. The molecule has 1 aliphatic rings. The van der Waals surface area contributed by atoms with Crippen LogP contribution in [0.5, 0.6) is 0 Å². The molecule has 7 nitrogen and oxygen atoms in total. The molecule has 0 radical (unpaired) electrons. The quantitative estimate of drug-likeness (QED) is 0.692. The highest BCUT2D eigenvalue weighted by Crippen LogP contribution is 2.11. The summed E-state index contributed by atoms with van der Waals surface area (Å²) in [5.74, 6) is 0.430. The van der Waals surface area contributed by atoms with Gasteiger partial charge in [-0.2, -0.15) is 0 Å². The summed E-state index contributed by atoms with van der Waals surface area (Å²) in [6.45, 7) is 7.03. The van der Waals surface area contributed by atoms with Crippen LogP contribution in [0.25, 0.3) is 6.08 Å². The van der Waals surface area contributed by atoms with Gasteiger partial charge < -0.3 is 15.0 Å². The largest absolute Gasteiger partial charge is 0.383 e. The summed E-state index contributed by atoms with van der Waals surface area (Å²) in [6, 6.07) is 12.0. The fraction of sp³-hybridized carbons (Fsp3) is 0.409. The SMILES string of the molecule is COCCNc1nc(C)cc(C(=O)N2CCN(C/C=C/c3ccccc3)CC2)n1. The van der Waals surface area contributed by atoms with E-state index in [9.17, 15) is 4.79 Å². The minimum absolute atomic E-state index is 0.0373. The number of aromatic nitrogens is 2. The Labute approximate surface area is 172 Å². The lowest BCUT2D eigenvalue weighted by molar-refractivity contribution is 0.0644. The Balaban J connectivity index is 1.51. The molecule has 0 atom stereocenters. The number of nitrogens with zero attached hydrogens (tertiary/aromatic N) is 4. The van der Waals surface area contributed by atoms with Gasteiger partial charge in [0.15, 0.2) is 0 Å². The fourth-order valence-electron chi connectivity index (χ4n) is 3.22. The maximum atomic E-state index is 12.9. The summed E-state index contributed by atoms with van der Waals surface area (Å²) in [5, 5.41) is 3.09. The smallest absolute Gasteiger partial charge is 0.272 e. The second-order valence-corrected chi connectivity index (χ2v) is 7.04. The van der Waals surface area contributed by atoms with E-state index in [2.05, 4.69) is 44.5 Å². The van der Waals surface area contributed by atoms with Crippen molar-refractivity contribution >= 4 is 17.9 Å². The minimum Gasteiger partial charge on any atom is -0.383 e. The first kappa shape index (κ1) is 21.0. The molecule has 154 valence electrons. The van der Waals surface area contributed by atoms with Crippen molar-refractivity contribution in [2.24, 2.45) is 0 Å². The Morgan fingerprint density at radius 3 is 2.66 bits per heavy atom. The number of hydrogen-bond acceptors (Lipinski definition) is 6. The van der Waals surface area contributed by atoms with Crippen LogP contribution in [0, 0.1) is 6.92 Å². The van der Waals surface area contributed by atoms with Gasteiger partial charge in [-0.1, -0.05) is 42.5 Å². The molecule has 1 aromatic heterocycles. The van der Waals surface area contributed by atoms with Crippen molar-refractivity contribution in [1.82, 2.24) is 19.8 Å². The second kappa shape index (κ2) is 10.7. The number of hydrogen-bond donors (Lipinski definition) is 1. The average Bonchev–Trinajstić information content (AvgIpc) is 2.74. The number of amides is 1. The van der Waals surface area contributed by atoms with E-state index in [1.807, 2.05) is 30.0 Å². The van der Waals surface area contributed by atoms with Crippen LogP contribution in [0.3, 0.4) is 0 Å². The van der Waals surface area contributed by atoms with Gasteiger partial charge in [0, 0.05) is 52.1 Å². The van der Waals surface area contributed by atoms with E-state index in [1.54, 1.807) is 13.2 Å².